The molecule has 2 heteroatoms. The maximum Gasteiger partial charge on any atom is 0.142 e. The standard InChI is InChI=1S/C17H27NO/c1-4-19-16-10-6-5-9-15(16)18-14-8-7-12-17(2,3)13-11-14/h5-6,9-10,14,18H,4,7-8,11-13H2,1-3H3. The quantitative estimate of drug-likeness (QED) is 0.782. The van der Waals surface area contributed by atoms with Crippen molar-refractivity contribution in [1.29, 1.82) is 0 Å². The van der Waals surface area contributed by atoms with Crippen LogP contribution in [0.15, 0.2) is 24.3 Å². The lowest BCUT2D eigenvalue weighted by atomic mass is 9.85. The first-order chi connectivity index (χ1) is 9.11. The molecule has 0 amide bonds. The molecule has 0 radical (unpaired) electrons. The topological polar surface area (TPSA) is 21.3 Å². The van der Waals surface area contributed by atoms with Crippen LogP contribution in [0.2, 0.25) is 0 Å². The summed E-state index contributed by atoms with van der Waals surface area (Å²) in [6, 6.07) is 8.87. The van der Waals surface area contributed by atoms with Crippen LogP contribution in [0.3, 0.4) is 0 Å². The van der Waals surface area contributed by atoms with Crippen LogP contribution in [0.4, 0.5) is 5.69 Å². The van der Waals surface area contributed by atoms with Crippen LogP contribution in [0.1, 0.15) is 52.9 Å². The largest absolute Gasteiger partial charge is 0.492 e. The Bertz CT molecular complexity index is 400. The third-order valence-electron chi connectivity index (χ3n) is 4.12. The molecule has 0 heterocycles. The van der Waals surface area contributed by atoms with E-state index >= 15 is 0 Å². The molecule has 0 bridgehead atoms. The number of benzene rings is 1. The molecule has 0 aromatic heterocycles. The molecule has 1 fully saturated rings. The van der Waals surface area contributed by atoms with Gasteiger partial charge in [-0.05, 0) is 50.2 Å². The molecule has 0 saturated heterocycles. The van der Waals surface area contributed by atoms with Crippen molar-refractivity contribution < 1.29 is 4.74 Å². The zero-order valence-electron chi connectivity index (χ0n) is 12.5. The van der Waals surface area contributed by atoms with Crippen molar-refractivity contribution in [2.75, 3.05) is 11.9 Å². The first kappa shape index (κ1) is 14.2. The summed E-state index contributed by atoms with van der Waals surface area (Å²) in [6.07, 6.45) is 6.50. The van der Waals surface area contributed by atoms with Gasteiger partial charge in [0.1, 0.15) is 5.75 Å². The summed E-state index contributed by atoms with van der Waals surface area (Å²) in [4.78, 5) is 0. The van der Waals surface area contributed by atoms with E-state index in [2.05, 4.69) is 31.3 Å². The lowest BCUT2D eigenvalue weighted by Gasteiger charge is -2.23. The average Bonchev–Trinajstić information content (AvgIpc) is 2.54. The fourth-order valence-corrected chi connectivity index (χ4v) is 2.89. The second kappa shape index (κ2) is 6.31. The minimum Gasteiger partial charge on any atom is -0.492 e. The van der Waals surface area contributed by atoms with Gasteiger partial charge >= 0.3 is 0 Å². The van der Waals surface area contributed by atoms with Crippen LogP contribution in [-0.4, -0.2) is 12.6 Å². The van der Waals surface area contributed by atoms with Gasteiger partial charge in [0.2, 0.25) is 0 Å². The van der Waals surface area contributed by atoms with Gasteiger partial charge < -0.3 is 10.1 Å². The zero-order valence-corrected chi connectivity index (χ0v) is 12.5. The minimum atomic E-state index is 0.510. The summed E-state index contributed by atoms with van der Waals surface area (Å²) < 4.78 is 5.69. The van der Waals surface area contributed by atoms with Crippen molar-refractivity contribution in [3.05, 3.63) is 24.3 Å². The van der Waals surface area contributed by atoms with Gasteiger partial charge in [-0.1, -0.05) is 32.4 Å². The van der Waals surface area contributed by atoms with E-state index in [0.29, 0.717) is 11.5 Å². The van der Waals surface area contributed by atoms with Gasteiger partial charge in [-0.3, -0.25) is 0 Å². The molecule has 0 aliphatic heterocycles. The van der Waals surface area contributed by atoms with Crippen LogP contribution in [0, 0.1) is 5.41 Å². The number of rotatable bonds is 4. The molecular formula is C17H27NO. The van der Waals surface area contributed by atoms with Crippen LogP contribution < -0.4 is 10.1 Å². The second-order valence-corrected chi connectivity index (χ2v) is 6.37. The van der Waals surface area contributed by atoms with Crippen molar-refractivity contribution in [2.45, 2.75) is 58.9 Å². The highest BCUT2D eigenvalue weighted by molar-refractivity contribution is 5.56. The average molecular weight is 261 g/mol. The summed E-state index contributed by atoms with van der Waals surface area (Å²) in [5.74, 6) is 0.980. The number of nitrogens with one attached hydrogen (secondary N) is 1. The van der Waals surface area contributed by atoms with E-state index in [1.807, 2.05) is 19.1 Å². The Balaban J connectivity index is 2.01. The summed E-state index contributed by atoms with van der Waals surface area (Å²) in [5, 5.41) is 3.69. The Morgan fingerprint density at radius 1 is 1.21 bits per heavy atom. The molecule has 1 aromatic carbocycles. The summed E-state index contributed by atoms with van der Waals surface area (Å²) in [5.41, 5.74) is 1.66. The molecule has 1 aromatic rings. The maximum absolute atomic E-state index is 5.69. The molecular weight excluding hydrogens is 234 g/mol. The molecule has 2 rings (SSSR count). The van der Waals surface area contributed by atoms with E-state index in [-0.39, 0.29) is 0 Å². The van der Waals surface area contributed by atoms with Crippen molar-refractivity contribution in [3.8, 4) is 5.75 Å². The van der Waals surface area contributed by atoms with Gasteiger partial charge in [0.15, 0.2) is 0 Å². The smallest absolute Gasteiger partial charge is 0.142 e. The van der Waals surface area contributed by atoms with Crippen LogP contribution in [0.25, 0.3) is 0 Å². The molecule has 1 saturated carbocycles. The monoisotopic (exact) mass is 261 g/mol. The fraction of sp³-hybridized carbons (Fsp3) is 0.647. The van der Waals surface area contributed by atoms with Gasteiger partial charge in [-0.2, -0.15) is 0 Å². The van der Waals surface area contributed by atoms with Crippen molar-refractivity contribution in [1.82, 2.24) is 0 Å². The number of hydrogen-bond acceptors (Lipinski definition) is 2. The van der Waals surface area contributed by atoms with E-state index in [0.717, 1.165) is 18.0 Å². The van der Waals surface area contributed by atoms with E-state index in [9.17, 15) is 0 Å². The van der Waals surface area contributed by atoms with Crippen molar-refractivity contribution >= 4 is 5.69 Å². The first-order valence-electron chi connectivity index (χ1n) is 7.59. The Hall–Kier alpha value is -1.18. The Morgan fingerprint density at radius 3 is 2.79 bits per heavy atom. The molecule has 2 nitrogen and oxygen atoms in total. The van der Waals surface area contributed by atoms with Crippen molar-refractivity contribution in [2.24, 2.45) is 5.41 Å². The number of anilines is 1. The zero-order chi connectivity index (χ0) is 13.7. The highest BCUT2D eigenvalue weighted by Gasteiger charge is 2.24. The van der Waals surface area contributed by atoms with Gasteiger partial charge in [0, 0.05) is 6.04 Å². The summed E-state index contributed by atoms with van der Waals surface area (Å²) in [7, 11) is 0. The number of hydrogen-bond donors (Lipinski definition) is 1. The molecule has 1 unspecified atom stereocenters. The van der Waals surface area contributed by atoms with E-state index in [1.165, 1.54) is 32.1 Å². The first-order valence-corrected chi connectivity index (χ1v) is 7.59. The molecule has 1 aliphatic rings. The minimum absolute atomic E-state index is 0.510. The van der Waals surface area contributed by atoms with Crippen LogP contribution in [0.5, 0.6) is 5.75 Å². The normalized spacial score (nSPS) is 22.6. The van der Waals surface area contributed by atoms with Gasteiger partial charge in [-0.15, -0.1) is 0 Å². The fourth-order valence-electron chi connectivity index (χ4n) is 2.89. The van der Waals surface area contributed by atoms with E-state index in [4.69, 9.17) is 4.74 Å². The Labute approximate surface area is 117 Å². The highest BCUT2D eigenvalue weighted by atomic mass is 16.5. The van der Waals surface area contributed by atoms with Gasteiger partial charge in [0.05, 0.1) is 12.3 Å². The number of ether oxygens (including phenoxy) is 1. The number of para-hydroxylation sites is 2. The third kappa shape index (κ3) is 4.15. The SMILES string of the molecule is CCOc1ccccc1NC1CCCC(C)(C)CC1. The molecule has 1 atom stereocenters. The predicted molar refractivity (Wildman–Crippen MR) is 81.9 cm³/mol. The molecule has 0 spiro atoms. The maximum atomic E-state index is 5.69. The molecule has 1 N–H and O–H groups in total. The lowest BCUT2D eigenvalue weighted by molar-refractivity contribution is 0.313. The van der Waals surface area contributed by atoms with Crippen LogP contribution in [-0.2, 0) is 0 Å². The predicted octanol–water partition coefficient (Wildman–Crippen LogP) is 4.86. The molecule has 1 aliphatic carbocycles. The molecule has 19 heavy (non-hydrogen) atoms. The van der Waals surface area contributed by atoms with Crippen molar-refractivity contribution in [3.63, 3.8) is 0 Å². The highest BCUT2D eigenvalue weighted by Crippen LogP contribution is 2.35. The Kier molecular flexibility index (Phi) is 4.73. The lowest BCUT2D eigenvalue weighted by Crippen LogP contribution is -2.19. The third-order valence-corrected chi connectivity index (χ3v) is 4.12. The summed E-state index contributed by atoms with van der Waals surface area (Å²) in [6.45, 7) is 7.54. The molecule has 106 valence electrons. The second-order valence-electron chi connectivity index (χ2n) is 6.37. The summed E-state index contributed by atoms with van der Waals surface area (Å²) >= 11 is 0. The van der Waals surface area contributed by atoms with E-state index in [1.54, 1.807) is 0 Å². The van der Waals surface area contributed by atoms with Crippen LogP contribution >= 0.6 is 0 Å². The van der Waals surface area contributed by atoms with Gasteiger partial charge in [0.25, 0.3) is 0 Å². The Morgan fingerprint density at radius 2 is 2.00 bits per heavy atom. The van der Waals surface area contributed by atoms with Gasteiger partial charge in [-0.25, -0.2) is 0 Å². The van der Waals surface area contributed by atoms with E-state index < -0.39 is 0 Å².